The smallest absolute Gasteiger partial charge is 0.339 e. The Morgan fingerprint density at radius 1 is 0.974 bits per heavy atom. The largest absolute Gasteiger partial charge is 0.493 e. The summed E-state index contributed by atoms with van der Waals surface area (Å²) in [5.41, 5.74) is 1.34. The highest BCUT2D eigenvalue weighted by atomic mass is 79.9. The van der Waals surface area contributed by atoms with E-state index < -0.39 is 16.0 Å². The fraction of sp³-hybridized carbons (Fsp3) is 0.0714. The van der Waals surface area contributed by atoms with Crippen molar-refractivity contribution < 1.29 is 26.9 Å². The van der Waals surface area contributed by atoms with Crippen LogP contribution in [-0.4, -0.2) is 31.6 Å². The lowest BCUT2D eigenvalue weighted by atomic mass is 10.1. The van der Waals surface area contributed by atoms with Gasteiger partial charge in [-0.25, -0.2) is 0 Å². The van der Waals surface area contributed by atoms with E-state index >= 15 is 0 Å². The lowest BCUT2D eigenvalue weighted by Crippen LogP contribution is -2.27. The van der Waals surface area contributed by atoms with Gasteiger partial charge in [-0.2, -0.15) is 8.42 Å². The summed E-state index contributed by atoms with van der Waals surface area (Å²) in [6, 6.07) is 22.3. The average molecular weight is 645 g/mol. The molecule has 5 rings (SSSR count). The summed E-state index contributed by atoms with van der Waals surface area (Å²) in [7, 11) is -2.82. The van der Waals surface area contributed by atoms with Gasteiger partial charge in [-0.3, -0.25) is 14.5 Å². The second-order valence-corrected chi connectivity index (χ2v) is 12.3. The molecule has 11 heteroatoms. The van der Waals surface area contributed by atoms with Crippen LogP contribution in [0.3, 0.4) is 0 Å². The van der Waals surface area contributed by atoms with Crippen LogP contribution in [0.1, 0.15) is 11.1 Å². The molecule has 0 atom stereocenters. The zero-order valence-electron chi connectivity index (χ0n) is 20.3. The van der Waals surface area contributed by atoms with Gasteiger partial charge in [0, 0.05) is 5.02 Å². The summed E-state index contributed by atoms with van der Waals surface area (Å²) in [5.74, 6) is -0.364. The van der Waals surface area contributed by atoms with Crippen molar-refractivity contribution >= 4 is 77.4 Å². The molecule has 0 bridgehead atoms. The first kappa shape index (κ1) is 27.3. The third kappa shape index (κ3) is 5.84. The maximum absolute atomic E-state index is 13.1. The topological polar surface area (TPSA) is 90.0 Å². The van der Waals surface area contributed by atoms with E-state index in [1.54, 1.807) is 12.1 Å². The number of fused-ring (bicyclic) bond motifs is 1. The summed E-state index contributed by atoms with van der Waals surface area (Å²) < 4.78 is 36.6. The number of ether oxygens (including phenoxy) is 1. The molecule has 4 aromatic rings. The third-order valence-electron chi connectivity index (χ3n) is 5.87. The van der Waals surface area contributed by atoms with Crippen LogP contribution in [0, 0.1) is 0 Å². The van der Waals surface area contributed by atoms with Crippen LogP contribution < -0.4 is 8.92 Å². The first-order valence-corrected chi connectivity index (χ1v) is 14.8. The maximum Gasteiger partial charge on any atom is 0.339 e. The van der Waals surface area contributed by atoms with Crippen molar-refractivity contribution in [3.63, 3.8) is 0 Å². The van der Waals surface area contributed by atoms with Crippen molar-refractivity contribution in [2.45, 2.75) is 11.4 Å². The van der Waals surface area contributed by atoms with E-state index in [-0.39, 0.29) is 37.6 Å². The summed E-state index contributed by atoms with van der Waals surface area (Å²) >= 11 is 10.0. The van der Waals surface area contributed by atoms with Gasteiger partial charge in [0.1, 0.15) is 4.90 Å². The monoisotopic (exact) mass is 643 g/mol. The van der Waals surface area contributed by atoms with Crippen LogP contribution >= 0.6 is 39.3 Å². The first-order valence-electron chi connectivity index (χ1n) is 11.5. The Morgan fingerprint density at radius 3 is 2.41 bits per heavy atom. The number of benzene rings is 4. The Bertz CT molecular complexity index is 1760. The second kappa shape index (κ2) is 11.1. The SMILES string of the molecule is COc1cc(/C=C2\SC(=O)N(Cc3ccc4ccccc4c3)C2=O)cc(Br)c1OS(=O)(=O)c1ccc(Cl)cc1. The Labute approximate surface area is 242 Å². The zero-order valence-corrected chi connectivity index (χ0v) is 24.2. The van der Waals surface area contributed by atoms with Crippen LogP contribution in [0.25, 0.3) is 16.8 Å². The highest BCUT2D eigenvalue weighted by molar-refractivity contribution is 9.10. The third-order valence-corrected chi connectivity index (χ3v) is 8.86. The van der Waals surface area contributed by atoms with Crippen molar-refractivity contribution in [3.8, 4) is 11.5 Å². The van der Waals surface area contributed by atoms with Gasteiger partial charge in [0.25, 0.3) is 11.1 Å². The van der Waals surface area contributed by atoms with Crippen LogP contribution in [-0.2, 0) is 21.5 Å². The molecular weight excluding hydrogens is 626 g/mol. The van der Waals surface area contributed by atoms with Gasteiger partial charge < -0.3 is 8.92 Å². The number of methoxy groups -OCH3 is 1. The summed E-state index contributed by atoms with van der Waals surface area (Å²) in [6.45, 7) is 0.148. The summed E-state index contributed by atoms with van der Waals surface area (Å²) in [5, 5.41) is 2.11. The molecule has 39 heavy (non-hydrogen) atoms. The van der Waals surface area contributed by atoms with Gasteiger partial charge >= 0.3 is 10.1 Å². The molecule has 198 valence electrons. The molecule has 0 unspecified atom stereocenters. The predicted molar refractivity (Wildman–Crippen MR) is 155 cm³/mol. The van der Waals surface area contributed by atoms with Gasteiger partial charge in [0.15, 0.2) is 11.5 Å². The number of hydrogen-bond donors (Lipinski definition) is 0. The Hall–Kier alpha value is -3.31. The van der Waals surface area contributed by atoms with Gasteiger partial charge in [-0.1, -0.05) is 48.0 Å². The first-order chi connectivity index (χ1) is 18.6. The van der Waals surface area contributed by atoms with E-state index in [1.165, 1.54) is 42.3 Å². The normalized spacial score (nSPS) is 14.8. The van der Waals surface area contributed by atoms with Crippen LogP contribution in [0.4, 0.5) is 4.79 Å². The molecular formula is C28H19BrClNO6S2. The van der Waals surface area contributed by atoms with E-state index in [0.29, 0.717) is 10.6 Å². The predicted octanol–water partition coefficient (Wildman–Crippen LogP) is 7.27. The molecule has 0 saturated carbocycles. The molecule has 1 aliphatic rings. The number of imide groups is 1. The number of thioether (sulfide) groups is 1. The van der Waals surface area contributed by atoms with Crippen molar-refractivity contribution in [2.24, 2.45) is 0 Å². The Kier molecular flexibility index (Phi) is 7.73. The average Bonchev–Trinajstić information content (AvgIpc) is 3.17. The van der Waals surface area contributed by atoms with Crippen molar-refractivity contribution in [1.29, 1.82) is 0 Å². The lowest BCUT2D eigenvalue weighted by molar-refractivity contribution is -0.123. The maximum atomic E-state index is 13.1. The zero-order chi connectivity index (χ0) is 27.7. The number of hydrogen-bond acceptors (Lipinski definition) is 7. The Balaban J connectivity index is 1.39. The van der Waals surface area contributed by atoms with Crippen LogP contribution in [0.15, 0.2) is 93.1 Å². The number of nitrogens with zero attached hydrogens (tertiary/aromatic N) is 1. The van der Waals surface area contributed by atoms with Gasteiger partial charge in [0.2, 0.25) is 0 Å². The number of amides is 2. The van der Waals surface area contributed by atoms with E-state index in [2.05, 4.69) is 15.9 Å². The quantitative estimate of drug-likeness (QED) is 0.154. The number of carbonyl (C=O) groups is 2. The molecule has 0 N–H and O–H groups in total. The van der Waals surface area contributed by atoms with Crippen LogP contribution in [0.2, 0.25) is 5.02 Å². The fourth-order valence-corrected chi connectivity index (χ4v) is 6.54. The molecule has 0 radical (unpaired) electrons. The summed E-state index contributed by atoms with van der Waals surface area (Å²) in [4.78, 5) is 27.2. The molecule has 1 heterocycles. The highest BCUT2D eigenvalue weighted by Gasteiger charge is 2.35. The molecule has 1 aliphatic heterocycles. The van der Waals surface area contributed by atoms with Gasteiger partial charge in [-0.05, 0) is 98.1 Å². The lowest BCUT2D eigenvalue weighted by Gasteiger charge is -2.14. The molecule has 7 nitrogen and oxygen atoms in total. The molecule has 2 amide bonds. The fourth-order valence-electron chi connectivity index (χ4n) is 3.97. The molecule has 0 aliphatic carbocycles. The molecule has 1 saturated heterocycles. The van der Waals surface area contributed by atoms with Gasteiger partial charge in [-0.15, -0.1) is 0 Å². The summed E-state index contributed by atoms with van der Waals surface area (Å²) in [6.07, 6.45) is 1.55. The Morgan fingerprint density at radius 2 is 1.69 bits per heavy atom. The standard InChI is InChI=1S/C28H19BrClNO6S2/c1-36-24-14-18(13-23(29)26(24)37-39(34,35)22-10-8-21(30)9-11-22)15-25-27(32)31(28(33)38-25)16-17-6-7-19-4-2-3-5-20(19)12-17/h2-15H,16H2,1H3/b25-15-. The minimum Gasteiger partial charge on any atom is -0.493 e. The van der Waals surface area contributed by atoms with Crippen molar-refractivity contribution in [1.82, 2.24) is 4.90 Å². The highest BCUT2D eigenvalue weighted by Crippen LogP contribution is 2.40. The van der Waals surface area contributed by atoms with E-state index in [4.69, 9.17) is 20.5 Å². The van der Waals surface area contributed by atoms with E-state index in [1.807, 2.05) is 42.5 Å². The molecule has 1 fully saturated rings. The van der Waals surface area contributed by atoms with Crippen molar-refractivity contribution in [2.75, 3.05) is 7.11 Å². The number of carbonyl (C=O) groups excluding carboxylic acids is 2. The second-order valence-electron chi connectivity index (χ2n) is 8.47. The van der Waals surface area contributed by atoms with E-state index in [0.717, 1.165) is 28.1 Å². The van der Waals surface area contributed by atoms with Crippen LogP contribution in [0.5, 0.6) is 11.5 Å². The molecule has 0 spiro atoms. The van der Waals surface area contributed by atoms with Crippen molar-refractivity contribution in [3.05, 3.63) is 104 Å². The number of halogens is 2. The van der Waals surface area contributed by atoms with Gasteiger partial charge in [0.05, 0.1) is 23.0 Å². The molecule has 4 aromatic carbocycles. The minimum atomic E-state index is -4.18. The number of rotatable bonds is 7. The molecule has 0 aromatic heterocycles. The minimum absolute atomic E-state index is 0.0611. The van der Waals surface area contributed by atoms with E-state index in [9.17, 15) is 18.0 Å².